The molecule has 0 N–H and O–H groups in total. The summed E-state index contributed by atoms with van der Waals surface area (Å²) in [5.74, 6) is 1.39. The van der Waals surface area contributed by atoms with Crippen LogP contribution in [0.2, 0.25) is 0 Å². The number of rotatable bonds is 3. The van der Waals surface area contributed by atoms with Crippen molar-refractivity contribution in [2.24, 2.45) is 11.8 Å². The van der Waals surface area contributed by atoms with Crippen LogP contribution in [0.4, 0.5) is 0 Å². The van der Waals surface area contributed by atoms with Crippen molar-refractivity contribution in [3.63, 3.8) is 0 Å². The number of hydrogen-bond donors (Lipinski definition) is 0. The SMILES string of the molecule is Cc1nc2ccccn2c1C(=O)N1C[C@@H]2CN(CC3CC3)CCO[C@@H]2C1. The Labute approximate surface area is 153 Å². The van der Waals surface area contributed by atoms with Gasteiger partial charge in [-0.15, -0.1) is 0 Å². The van der Waals surface area contributed by atoms with Gasteiger partial charge in [-0.3, -0.25) is 9.20 Å². The lowest BCUT2D eigenvalue weighted by Gasteiger charge is -2.23. The van der Waals surface area contributed by atoms with Gasteiger partial charge in [0.1, 0.15) is 11.3 Å². The number of nitrogens with zero attached hydrogens (tertiary/aromatic N) is 4. The van der Waals surface area contributed by atoms with E-state index in [0.29, 0.717) is 18.2 Å². The van der Waals surface area contributed by atoms with Gasteiger partial charge in [0.15, 0.2) is 0 Å². The predicted molar refractivity (Wildman–Crippen MR) is 98.2 cm³/mol. The summed E-state index contributed by atoms with van der Waals surface area (Å²) in [5.41, 5.74) is 2.31. The highest BCUT2D eigenvalue weighted by Crippen LogP contribution is 2.32. The molecule has 26 heavy (non-hydrogen) atoms. The maximum atomic E-state index is 13.2. The summed E-state index contributed by atoms with van der Waals surface area (Å²) < 4.78 is 8.03. The van der Waals surface area contributed by atoms with Crippen molar-refractivity contribution in [1.29, 1.82) is 0 Å². The summed E-state index contributed by atoms with van der Waals surface area (Å²) in [7, 11) is 0. The summed E-state index contributed by atoms with van der Waals surface area (Å²) in [6.07, 6.45) is 4.85. The highest BCUT2D eigenvalue weighted by molar-refractivity contribution is 5.95. The van der Waals surface area contributed by atoms with E-state index in [1.54, 1.807) is 0 Å². The first-order valence-electron chi connectivity index (χ1n) is 9.76. The van der Waals surface area contributed by atoms with Crippen molar-refractivity contribution in [2.75, 3.05) is 39.3 Å². The molecule has 4 heterocycles. The van der Waals surface area contributed by atoms with Gasteiger partial charge in [-0.1, -0.05) is 6.07 Å². The highest BCUT2D eigenvalue weighted by atomic mass is 16.5. The van der Waals surface area contributed by atoms with Crippen LogP contribution in [0, 0.1) is 18.8 Å². The van der Waals surface area contributed by atoms with Gasteiger partial charge < -0.3 is 14.5 Å². The van der Waals surface area contributed by atoms with Gasteiger partial charge in [-0.05, 0) is 37.8 Å². The Balaban J connectivity index is 1.34. The number of ether oxygens (including phenoxy) is 1. The summed E-state index contributed by atoms with van der Waals surface area (Å²) in [5, 5.41) is 0. The fraction of sp³-hybridized carbons (Fsp3) is 0.600. The number of pyridine rings is 1. The highest BCUT2D eigenvalue weighted by Gasteiger charge is 2.40. The molecule has 0 spiro atoms. The fourth-order valence-corrected chi connectivity index (χ4v) is 4.48. The van der Waals surface area contributed by atoms with Gasteiger partial charge in [-0.2, -0.15) is 0 Å². The zero-order valence-corrected chi connectivity index (χ0v) is 15.3. The van der Waals surface area contributed by atoms with Crippen LogP contribution in [0.15, 0.2) is 24.4 Å². The lowest BCUT2D eigenvalue weighted by Crippen LogP contribution is -2.35. The minimum Gasteiger partial charge on any atom is -0.375 e. The van der Waals surface area contributed by atoms with Crippen LogP contribution < -0.4 is 0 Å². The summed E-state index contributed by atoms with van der Waals surface area (Å²) in [4.78, 5) is 22.3. The molecule has 6 nitrogen and oxygen atoms in total. The first kappa shape index (κ1) is 16.3. The molecule has 5 rings (SSSR count). The van der Waals surface area contributed by atoms with E-state index in [1.165, 1.54) is 19.4 Å². The van der Waals surface area contributed by atoms with Crippen LogP contribution in [0.25, 0.3) is 5.65 Å². The van der Waals surface area contributed by atoms with Crippen LogP contribution in [-0.4, -0.2) is 70.5 Å². The average Bonchev–Trinajstić information content (AvgIpc) is 3.30. The number of aryl methyl sites for hydroxylation is 1. The quantitative estimate of drug-likeness (QED) is 0.844. The number of aromatic nitrogens is 2. The number of carbonyl (C=O) groups is 1. The number of likely N-dealkylation sites (tertiary alicyclic amines) is 1. The first-order valence-corrected chi connectivity index (χ1v) is 9.76. The van der Waals surface area contributed by atoms with E-state index in [4.69, 9.17) is 4.74 Å². The number of hydrogen-bond acceptors (Lipinski definition) is 4. The maximum absolute atomic E-state index is 13.2. The van der Waals surface area contributed by atoms with Crippen LogP contribution in [0.5, 0.6) is 0 Å². The summed E-state index contributed by atoms with van der Waals surface area (Å²) >= 11 is 0. The summed E-state index contributed by atoms with van der Waals surface area (Å²) in [6.45, 7) is 7.46. The minimum atomic E-state index is 0.0756. The van der Waals surface area contributed by atoms with Gasteiger partial charge in [0.25, 0.3) is 5.91 Å². The molecular formula is C20H26N4O2. The zero-order valence-electron chi connectivity index (χ0n) is 15.3. The maximum Gasteiger partial charge on any atom is 0.272 e. The molecule has 2 atom stereocenters. The molecule has 3 aliphatic rings. The van der Waals surface area contributed by atoms with Crippen molar-refractivity contribution >= 4 is 11.6 Å². The zero-order chi connectivity index (χ0) is 17.7. The lowest BCUT2D eigenvalue weighted by atomic mass is 10.1. The van der Waals surface area contributed by atoms with Crippen LogP contribution in [0.3, 0.4) is 0 Å². The van der Waals surface area contributed by atoms with Crippen molar-refractivity contribution in [2.45, 2.75) is 25.9 Å². The van der Waals surface area contributed by atoms with E-state index in [-0.39, 0.29) is 12.0 Å². The Bertz CT molecular complexity index is 828. The van der Waals surface area contributed by atoms with Crippen molar-refractivity contribution < 1.29 is 9.53 Å². The molecule has 6 heteroatoms. The molecular weight excluding hydrogens is 328 g/mol. The molecule has 1 amide bonds. The molecule has 0 aromatic carbocycles. The van der Waals surface area contributed by atoms with Crippen molar-refractivity contribution in [3.05, 3.63) is 35.8 Å². The fourth-order valence-electron chi connectivity index (χ4n) is 4.48. The van der Waals surface area contributed by atoms with E-state index in [0.717, 1.165) is 43.5 Å². The third kappa shape index (κ3) is 2.91. The van der Waals surface area contributed by atoms with Gasteiger partial charge in [0, 0.05) is 44.8 Å². The van der Waals surface area contributed by atoms with E-state index in [1.807, 2.05) is 40.6 Å². The largest absolute Gasteiger partial charge is 0.375 e. The normalized spacial score (nSPS) is 26.9. The minimum absolute atomic E-state index is 0.0756. The monoisotopic (exact) mass is 354 g/mol. The number of fused-ring (bicyclic) bond motifs is 2. The topological polar surface area (TPSA) is 50.1 Å². The van der Waals surface area contributed by atoms with Crippen LogP contribution in [0.1, 0.15) is 29.0 Å². The standard InChI is InChI=1S/C20H26N4O2/c1-14-19(24-7-3-2-4-18(24)21-14)20(25)23-12-16-11-22(10-15-5-6-15)8-9-26-17(16)13-23/h2-4,7,15-17H,5-6,8-13H2,1H3/t16-,17+/m0/s1. The molecule has 1 saturated carbocycles. The second-order valence-corrected chi connectivity index (χ2v) is 8.06. The van der Waals surface area contributed by atoms with Crippen LogP contribution in [-0.2, 0) is 4.74 Å². The molecule has 1 aliphatic carbocycles. The predicted octanol–water partition coefficient (Wildman–Crippen LogP) is 1.83. The Morgan fingerprint density at radius 3 is 3.00 bits per heavy atom. The Hall–Kier alpha value is -1.92. The molecule has 2 aliphatic heterocycles. The Morgan fingerprint density at radius 1 is 1.27 bits per heavy atom. The molecule has 0 radical (unpaired) electrons. The first-order chi connectivity index (χ1) is 12.7. The molecule has 2 saturated heterocycles. The molecule has 3 fully saturated rings. The smallest absolute Gasteiger partial charge is 0.272 e. The van der Waals surface area contributed by atoms with Crippen molar-refractivity contribution in [1.82, 2.24) is 19.2 Å². The second kappa shape index (κ2) is 6.35. The third-order valence-electron chi connectivity index (χ3n) is 6.02. The van der Waals surface area contributed by atoms with Crippen LogP contribution >= 0.6 is 0 Å². The Kier molecular flexibility index (Phi) is 3.98. The van der Waals surface area contributed by atoms with Crippen molar-refractivity contribution in [3.8, 4) is 0 Å². The Morgan fingerprint density at radius 2 is 2.15 bits per heavy atom. The van der Waals surface area contributed by atoms with Gasteiger partial charge in [0.05, 0.1) is 18.4 Å². The van der Waals surface area contributed by atoms with E-state index < -0.39 is 0 Å². The molecule has 2 aromatic heterocycles. The molecule has 138 valence electrons. The molecule has 2 aromatic rings. The van der Waals surface area contributed by atoms with Gasteiger partial charge in [-0.25, -0.2) is 4.98 Å². The number of carbonyl (C=O) groups excluding carboxylic acids is 1. The van der Waals surface area contributed by atoms with E-state index >= 15 is 0 Å². The molecule has 0 bridgehead atoms. The average molecular weight is 354 g/mol. The number of amides is 1. The third-order valence-corrected chi connectivity index (χ3v) is 6.02. The number of imidazole rings is 1. The van der Waals surface area contributed by atoms with E-state index in [2.05, 4.69) is 9.88 Å². The second-order valence-electron chi connectivity index (χ2n) is 8.06. The van der Waals surface area contributed by atoms with E-state index in [9.17, 15) is 4.79 Å². The molecule has 0 unspecified atom stereocenters. The lowest BCUT2D eigenvalue weighted by molar-refractivity contribution is 0.0482. The van der Waals surface area contributed by atoms with Gasteiger partial charge >= 0.3 is 0 Å². The summed E-state index contributed by atoms with van der Waals surface area (Å²) in [6, 6.07) is 5.83. The van der Waals surface area contributed by atoms with Gasteiger partial charge in [0.2, 0.25) is 0 Å².